The third-order valence-corrected chi connectivity index (χ3v) is 5.54. The van der Waals surface area contributed by atoms with Gasteiger partial charge in [-0.25, -0.2) is 4.68 Å². The summed E-state index contributed by atoms with van der Waals surface area (Å²) in [4.78, 5) is 16.7. The van der Waals surface area contributed by atoms with Crippen LogP contribution in [0.25, 0.3) is 0 Å². The number of hydrogen-bond acceptors (Lipinski definition) is 5. The quantitative estimate of drug-likeness (QED) is 0.386. The topological polar surface area (TPSA) is 81.9 Å². The number of rotatable bonds is 9. The second-order valence-corrected chi connectivity index (χ2v) is 9.73. The number of halogens is 6. The van der Waals surface area contributed by atoms with Gasteiger partial charge in [0.15, 0.2) is 6.61 Å². The van der Waals surface area contributed by atoms with Crippen LogP contribution in [0, 0.1) is 0 Å². The van der Waals surface area contributed by atoms with E-state index < -0.39 is 31.4 Å². The average Bonchev–Trinajstić information content (AvgIpc) is 3.24. The van der Waals surface area contributed by atoms with Gasteiger partial charge in [-0.3, -0.25) is 9.78 Å². The van der Waals surface area contributed by atoms with Gasteiger partial charge in [0.25, 0.3) is 0 Å². The third-order valence-electron chi connectivity index (χ3n) is 5.54. The Labute approximate surface area is 215 Å². The molecule has 1 amide bonds. The van der Waals surface area contributed by atoms with Crippen LogP contribution in [0.1, 0.15) is 49.2 Å². The minimum atomic E-state index is -4.59. The lowest BCUT2D eigenvalue weighted by Crippen LogP contribution is -2.32. The molecule has 0 unspecified atom stereocenters. The molecule has 38 heavy (non-hydrogen) atoms. The summed E-state index contributed by atoms with van der Waals surface area (Å²) in [5.41, 5.74) is 2.00. The predicted octanol–water partition coefficient (Wildman–Crippen LogP) is 4.96. The Morgan fingerprint density at radius 3 is 2.21 bits per heavy atom. The summed E-state index contributed by atoms with van der Waals surface area (Å²) in [6, 6.07) is 10.1. The fraction of sp³-hybridized carbons (Fsp3) is 0.440. The van der Waals surface area contributed by atoms with Crippen LogP contribution in [0.15, 0.2) is 48.8 Å². The highest BCUT2D eigenvalue weighted by molar-refractivity contribution is 5.78. The number of carbonyl (C=O) groups is 1. The molecule has 0 radical (unpaired) electrons. The summed E-state index contributed by atoms with van der Waals surface area (Å²) >= 11 is 0. The molecule has 0 aliphatic heterocycles. The number of carbonyl (C=O) groups excluding carboxylic acids is 1. The summed E-state index contributed by atoms with van der Waals surface area (Å²) in [5.74, 6) is -1.47. The maximum atomic E-state index is 13.1. The average molecular weight is 544 g/mol. The van der Waals surface area contributed by atoms with Crippen LogP contribution in [-0.2, 0) is 23.2 Å². The number of nitrogens with one attached hydrogen (secondary N) is 1. The molecule has 0 saturated carbocycles. The second-order valence-electron chi connectivity index (χ2n) is 9.73. The highest BCUT2D eigenvalue weighted by Gasteiger charge is 2.32. The molecule has 1 atom stereocenters. The van der Waals surface area contributed by atoms with Crippen LogP contribution in [-0.4, -0.2) is 51.4 Å². The molecule has 0 saturated heterocycles. The Kier molecular flexibility index (Phi) is 8.68. The van der Waals surface area contributed by atoms with E-state index in [0.29, 0.717) is 4.68 Å². The number of pyridine rings is 1. The van der Waals surface area contributed by atoms with Crippen LogP contribution in [0.5, 0.6) is 5.75 Å². The lowest BCUT2D eigenvalue weighted by molar-refractivity contribution is -0.153. The van der Waals surface area contributed by atoms with Crippen LogP contribution in [0.3, 0.4) is 0 Å². The fourth-order valence-corrected chi connectivity index (χ4v) is 3.62. The molecule has 0 aliphatic rings. The molecule has 3 aromatic rings. The number of hydrogen-bond donors (Lipinski definition) is 1. The van der Waals surface area contributed by atoms with Crippen LogP contribution in [0.2, 0.25) is 0 Å². The van der Waals surface area contributed by atoms with Gasteiger partial charge >= 0.3 is 12.4 Å². The molecule has 206 valence electrons. The first-order chi connectivity index (χ1) is 17.6. The summed E-state index contributed by atoms with van der Waals surface area (Å²) in [6.07, 6.45) is -6.94. The van der Waals surface area contributed by atoms with Gasteiger partial charge in [0.1, 0.15) is 12.3 Å². The molecule has 7 nitrogen and oxygen atoms in total. The summed E-state index contributed by atoms with van der Waals surface area (Å²) in [5, 5.41) is 9.78. The van der Waals surface area contributed by atoms with E-state index in [1.807, 2.05) is 24.3 Å². The van der Waals surface area contributed by atoms with Crippen molar-refractivity contribution in [3.05, 3.63) is 71.3 Å². The zero-order valence-corrected chi connectivity index (χ0v) is 20.9. The highest BCUT2D eigenvalue weighted by Crippen LogP contribution is 2.27. The molecular weight excluding hydrogens is 516 g/mol. The van der Waals surface area contributed by atoms with Gasteiger partial charge in [0.05, 0.1) is 36.1 Å². The van der Waals surface area contributed by atoms with E-state index in [2.05, 4.69) is 46.1 Å². The Morgan fingerprint density at radius 2 is 1.66 bits per heavy atom. The lowest BCUT2D eigenvalue weighted by Gasteiger charge is -2.20. The van der Waals surface area contributed by atoms with E-state index in [0.717, 1.165) is 23.5 Å². The van der Waals surface area contributed by atoms with Crippen LogP contribution < -0.4 is 10.1 Å². The van der Waals surface area contributed by atoms with Crippen LogP contribution in [0.4, 0.5) is 26.3 Å². The van der Waals surface area contributed by atoms with Crippen molar-refractivity contribution < 1.29 is 35.9 Å². The zero-order valence-electron chi connectivity index (χ0n) is 20.9. The van der Waals surface area contributed by atoms with E-state index in [1.54, 1.807) is 0 Å². The molecule has 1 aromatic carbocycles. The number of ether oxygens (including phenoxy) is 1. The van der Waals surface area contributed by atoms with Gasteiger partial charge in [-0.1, -0.05) is 50.3 Å². The SMILES string of the molecule is CC(C)(C)c1ccc(CC(=O)NC[C@@H](c2ccc(OCC(F)(F)F)cn2)c2cnnn2CC(F)(F)F)cc1. The minimum absolute atomic E-state index is 0.0219. The molecule has 0 spiro atoms. The van der Waals surface area contributed by atoms with Crippen molar-refractivity contribution in [3.8, 4) is 5.75 Å². The van der Waals surface area contributed by atoms with Crippen molar-refractivity contribution >= 4 is 5.91 Å². The fourth-order valence-electron chi connectivity index (χ4n) is 3.62. The molecule has 0 bridgehead atoms. The monoisotopic (exact) mass is 543 g/mol. The van der Waals surface area contributed by atoms with Gasteiger partial charge in [0, 0.05) is 6.54 Å². The second kappa shape index (κ2) is 11.4. The maximum Gasteiger partial charge on any atom is 0.422 e. The summed E-state index contributed by atoms with van der Waals surface area (Å²) in [6.45, 7) is 3.11. The van der Waals surface area contributed by atoms with Crippen molar-refractivity contribution in [2.24, 2.45) is 0 Å². The smallest absolute Gasteiger partial charge is 0.422 e. The Morgan fingerprint density at radius 1 is 0.974 bits per heavy atom. The van der Waals surface area contributed by atoms with E-state index in [-0.39, 0.29) is 41.4 Å². The molecule has 0 aliphatic carbocycles. The number of nitrogens with zero attached hydrogens (tertiary/aromatic N) is 4. The van der Waals surface area contributed by atoms with Gasteiger partial charge < -0.3 is 10.1 Å². The molecule has 1 N–H and O–H groups in total. The Balaban J connectivity index is 1.77. The number of aromatic nitrogens is 4. The number of amides is 1. The third kappa shape index (κ3) is 8.73. The molecule has 2 aromatic heterocycles. The number of alkyl halides is 6. The van der Waals surface area contributed by atoms with Gasteiger partial charge in [-0.2, -0.15) is 26.3 Å². The van der Waals surface area contributed by atoms with E-state index >= 15 is 0 Å². The lowest BCUT2D eigenvalue weighted by atomic mass is 9.86. The van der Waals surface area contributed by atoms with E-state index in [9.17, 15) is 31.1 Å². The standard InChI is InChI=1S/C25H27F6N5O2/c1-23(2,3)17-6-4-16(5-7-17)10-22(37)33-12-19(21-13-34-35-36(21)14-24(26,27)28)20-9-8-18(11-32-20)38-15-25(29,30)31/h4-9,11,13,19H,10,12,14-15H2,1-3H3,(H,33,37)/t19-/m0/s1. The van der Waals surface area contributed by atoms with Crippen molar-refractivity contribution in [2.45, 2.75) is 57.4 Å². The normalized spacial score (nSPS) is 13.3. The van der Waals surface area contributed by atoms with E-state index in [4.69, 9.17) is 0 Å². The van der Waals surface area contributed by atoms with Crippen molar-refractivity contribution in [1.29, 1.82) is 0 Å². The first-order valence-corrected chi connectivity index (χ1v) is 11.6. The Bertz CT molecular complexity index is 1200. The van der Waals surface area contributed by atoms with E-state index in [1.165, 1.54) is 12.1 Å². The first-order valence-electron chi connectivity index (χ1n) is 11.6. The zero-order chi connectivity index (χ0) is 28.1. The van der Waals surface area contributed by atoms with Crippen molar-refractivity contribution in [3.63, 3.8) is 0 Å². The maximum absolute atomic E-state index is 13.1. The molecule has 2 heterocycles. The molecule has 3 rings (SSSR count). The van der Waals surface area contributed by atoms with Crippen molar-refractivity contribution in [1.82, 2.24) is 25.3 Å². The first kappa shape index (κ1) is 28.9. The Hall–Kier alpha value is -3.64. The van der Waals surface area contributed by atoms with Crippen LogP contribution >= 0.6 is 0 Å². The van der Waals surface area contributed by atoms with Gasteiger partial charge in [0.2, 0.25) is 5.91 Å². The van der Waals surface area contributed by atoms with Gasteiger partial charge in [-0.15, -0.1) is 5.10 Å². The van der Waals surface area contributed by atoms with Crippen molar-refractivity contribution in [2.75, 3.05) is 13.2 Å². The minimum Gasteiger partial charge on any atom is -0.483 e. The molecular formula is C25H27F6N5O2. The summed E-state index contributed by atoms with van der Waals surface area (Å²) < 4.78 is 81.8. The molecule has 0 fully saturated rings. The summed E-state index contributed by atoms with van der Waals surface area (Å²) in [7, 11) is 0. The molecule has 13 heteroatoms. The largest absolute Gasteiger partial charge is 0.483 e. The predicted molar refractivity (Wildman–Crippen MR) is 126 cm³/mol. The van der Waals surface area contributed by atoms with Gasteiger partial charge in [-0.05, 0) is 28.7 Å². The highest BCUT2D eigenvalue weighted by atomic mass is 19.4. The number of benzene rings is 1.